The van der Waals surface area contributed by atoms with Gasteiger partial charge in [-0.2, -0.15) is 0 Å². The van der Waals surface area contributed by atoms with Crippen LogP contribution >= 0.6 is 12.4 Å². The first-order chi connectivity index (χ1) is 14.5. The van der Waals surface area contributed by atoms with Crippen molar-refractivity contribution in [3.05, 3.63) is 57.4 Å². The molecule has 5 rings (SSSR count). The van der Waals surface area contributed by atoms with E-state index in [0.717, 1.165) is 22.2 Å². The molecule has 0 fully saturated rings. The van der Waals surface area contributed by atoms with Gasteiger partial charge in [0.25, 0.3) is 5.56 Å². The van der Waals surface area contributed by atoms with E-state index < -0.39 is 11.6 Å². The number of rotatable bonds is 3. The van der Waals surface area contributed by atoms with Gasteiger partial charge in [-0.3, -0.25) is 9.79 Å². The Hall–Kier alpha value is -3.23. The van der Waals surface area contributed by atoms with Gasteiger partial charge in [0.2, 0.25) is 0 Å². The fourth-order valence-corrected chi connectivity index (χ4v) is 4.26. The number of aliphatic hydroxyl groups is 1. The quantitative estimate of drug-likeness (QED) is 0.288. The predicted octanol–water partition coefficient (Wildman–Crippen LogP) is 2.57. The highest BCUT2D eigenvalue weighted by molar-refractivity contribution is 5.98. The number of carbonyl (C=O) groups excluding carboxylic acids is 1. The van der Waals surface area contributed by atoms with E-state index in [1.165, 1.54) is 0 Å². The fraction of sp³-hybridized carbons (Fsp3) is 0.273. The lowest BCUT2D eigenvalue weighted by Gasteiger charge is -2.31. The summed E-state index contributed by atoms with van der Waals surface area (Å²) in [5.41, 5.74) is 2.38. The number of hydrogen-bond acceptors (Lipinski definition) is 6. The monoisotopic (exact) mass is 440 g/mol. The molecule has 9 heteroatoms. The minimum Gasteiger partial charge on any atom is -0.458 e. The molecule has 31 heavy (non-hydrogen) atoms. The van der Waals surface area contributed by atoms with Gasteiger partial charge in [0.05, 0.1) is 35.4 Å². The summed E-state index contributed by atoms with van der Waals surface area (Å²) in [7, 11) is 1.69. The van der Waals surface area contributed by atoms with Gasteiger partial charge in [0, 0.05) is 29.2 Å². The van der Waals surface area contributed by atoms with Crippen molar-refractivity contribution in [2.45, 2.75) is 32.1 Å². The van der Waals surface area contributed by atoms with E-state index in [2.05, 4.69) is 10.3 Å². The number of anilines is 1. The Balaban J connectivity index is 0.00000231. The minimum absolute atomic E-state index is 0. The van der Waals surface area contributed by atoms with Crippen LogP contribution < -0.4 is 10.9 Å². The number of ether oxygens (including phenoxy) is 1. The van der Waals surface area contributed by atoms with E-state index in [0.29, 0.717) is 29.1 Å². The number of esters is 1. The number of benzene rings is 1. The van der Waals surface area contributed by atoms with Crippen LogP contribution in [0.5, 0.6) is 0 Å². The molecule has 1 aromatic carbocycles. The largest absolute Gasteiger partial charge is 0.458 e. The number of nitrogens with one attached hydrogen (secondary N) is 1. The van der Waals surface area contributed by atoms with Crippen LogP contribution in [0.4, 0.5) is 5.69 Å². The first-order valence-electron chi connectivity index (χ1n) is 9.75. The predicted molar refractivity (Wildman–Crippen MR) is 120 cm³/mol. The topological polar surface area (TPSA) is 106 Å². The highest BCUT2D eigenvalue weighted by atomic mass is 35.5. The van der Waals surface area contributed by atoms with Crippen LogP contribution in [-0.4, -0.2) is 34.0 Å². The summed E-state index contributed by atoms with van der Waals surface area (Å²) < 4.78 is 6.74. The molecule has 8 nitrogen and oxygen atoms in total. The number of aromatic nitrogens is 2. The maximum Gasteiger partial charge on any atom is 0.343 e. The second-order valence-corrected chi connectivity index (χ2v) is 7.50. The third-order valence-electron chi connectivity index (χ3n) is 5.90. The molecule has 0 aliphatic carbocycles. The Morgan fingerprint density at radius 2 is 2.16 bits per heavy atom. The summed E-state index contributed by atoms with van der Waals surface area (Å²) in [6, 6.07) is 9.48. The molecular weight excluding hydrogens is 420 g/mol. The number of hydrogen-bond donors (Lipinski definition) is 2. The number of cyclic esters (lactones) is 1. The van der Waals surface area contributed by atoms with E-state index in [4.69, 9.17) is 9.72 Å². The van der Waals surface area contributed by atoms with Crippen LogP contribution in [0.15, 0.2) is 40.1 Å². The molecular formula is C22H21ClN4O4. The Bertz CT molecular complexity index is 1320. The molecule has 2 N–H and O–H groups in total. The average molecular weight is 441 g/mol. The third kappa shape index (κ3) is 2.94. The molecule has 1 atom stereocenters. The van der Waals surface area contributed by atoms with Crippen molar-refractivity contribution in [3.8, 4) is 11.4 Å². The summed E-state index contributed by atoms with van der Waals surface area (Å²) in [4.78, 5) is 34.2. The maximum absolute atomic E-state index is 13.2. The van der Waals surface area contributed by atoms with Crippen LogP contribution in [0.2, 0.25) is 0 Å². The normalized spacial score (nSPS) is 18.9. The van der Waals surface area contributed by atoms with Gasteiger partial charge < -0.3 is 19.7 Å². The number of fused-ring (bicyclic) bond motifs is 5. The summed E-state index contributed by atoms with van der Waals surface area (Å²) in [5.74, 6) is -0.722. The van der Waals surface area contributed by atoms with Crippen molar-refractivity contribution in [1.82, 2.24) is 9.55 Å². The molecule has 0 amide bonds. The lowest BCUT2D eigenvalue weighted by molar-refractivity contribution is -0.172. The van der Waals surface area contributed by atoms with E-state index in [1.807, 2.05) is 24.3 Å². The molecule has 2 aromatic heterocycles. The summed E-state index contributed by atoms with van der Waals surface area (Å²) >= 11 is 0. The van der Waals surface area contributed by atoms with Gasteiger partial charge in [0.15, 0.2) is 5.60 Å². The van der Waals surface area contributed by atoms with Crippen LogP contribution in [0, 0.1) is 0 Å². The van der Waals surface area contributed by atoms with Gasteiger partial charge in [0.1, 0.15) is 6.61 Å². The standard InChI is InChI=1S/C22H20N4O4.ClH/c1-3-22(29)15-8-18-19-12(9-26(18)20(27)14(15)10-30-21(22)28)7-13-16(24-11-23-2)5-4-6-17(13)25-19;/h4-8,11,29H,3,9-10H2,1-2H3,(H,23,24);1H/t22-;/m0./s1. The SMILES string of the molecule is CC[C@@]1(O)C(=O)OCc2c1cc1n(c2=O)Cc2cc3c(NC=NC)cccc3nc2-1.Cl. The number of halogens is 1. The zero-order chi connectivity index (χ0) is 21.0. The summed E-state index contributed by atoms with van der Waals surface area (Å²) in [6.07, 6.45) is 1.73. The van der Waals surface area contributed by atoms with Gasteiger partial charge >= 0.3 is 5.97 Å². The van der Waals surface area contributed by atoms with E-state index in [1.54, 1.807) is 30.9 Å². The molecule has 3 aromatic rings. The van der Waals surface area contributed by atoms with Gasteiger partial charge in [-0.1, -0.05) is 13.0 Å². The average Bonchev–Trinajstić information content (AvgIpc) is 3.11. The number of nitrogens with zero attached hydrogens (tertiary/aromatic N) is 3. The van der Waals surface area contributed by atoms with E-state index >= 15 is 0 Å². The first-order valence-corrected chi connectivity index (χ1v) is 9.75. The van der Waals surface area contributed by atoms with Crippen LogP contribution in [-0.2, 0) is 28.3 Å². The fourth-order valence-electron chi connectivity index (χ4n) is 4.26. The lowest BCUT2D eigenvalue weighted by Crippen LogP contribution is -2.44. The Labute approximate surface area is 184 Å². The third-order valence-corrected chi connectivity index (χ3v) is 5.90. The van der Waals surface area contributed by atoms with E-state index in [9.17, 15) is 14.7 Å². The molecule has 0 radical (unpaired) electrons. The summed E-state index contributed by atoms with van der Waals surface area (Å²) in [5, 5.41) is 15.0. The van der Waals surface area contributed by atoms with Gasteiger partial charge in [-0.25, -0.2) is 9.78 Å². The molecule has 0 unspecified atom stereocenters. The van der Waals surface area contributed by atoms with E-state index in [-0.39, 0.29) is 31.0 Å². The Morgan fingerprint density at radius 3 is 2.90 bits per heavy atom. The van der Waals surface area contributed by atoms with Crippen molar-refractivity contribution in [3.63, 3.8) is 0 Å². The Morgan fingerprint density at radius 1 is 1.35 bits per heavy atom. The summed E-state index contributed by atoms with van der Waals surface area (Å²) in [6.45, 7) is 1.93. The second kappa shape index (κ2) is 7.47. The molecule has 0 saturated carbocycles. The van der Waals surface area contributed by atoms with Crippen LogP contribution in [0.3, 0.4) is 0 Å². The smallest absolute Gasteiger partial charge is 0.343 e. The minimum atomic E-state index is -1.82. The van der Waals surface area contributed by atoms with Crippen molar-refractivity contribution in [2.75, 3.05) is 12.4 Å². The number of pyridine rings is 2. The number of carbonyl (C=O) groups is 1. The van der Waals surface area contributed by atoms with Crippen molar-refractivity contribution in [2.24, 2.45) is 4.99 Å². The van der Waals surface area contributed by atoms with Crippen molar-refractivity contribution >= 4 is 41.3 Å². The van der Waals surface area contributed by atoms with Crippen LogP contribution in [0.1, 0.15) is 30.0 Å². The highest BCUT2D eigenvalue weighted by Crippen LogP contribution is 2.39. The molecule has 2 aliphatic rings. The molecule has 0 bridgehead atoms. The van der Waals surface area contributed by atoms with Gasteiger partial charge in [-0.15, -0.1) is 12.4 Å². The molecule has 4 heterocycles. The molecule has 0 saturated heterocycles. The highest BCUT2D eigenvalue weighted by Gasteiger charge is 2.45. The molecule has 0 spiro atoms. The number of aliphatic imine (C=N–C) groups is 1. The van der Waals surface area contributed by atoms with Gasteiger partial charge in [-0.05, 0) is 30.7 Å². The lowest BCUT2D eigenvalue weighted by atomic mass is 9.86. The Kier molecular flexibility index (Phi) is 5.07. The van der Waals surface area contributed by atoms with Crippen molar-refractivity contribution in [1.29, 1.82) is 0 Å². The first kappa shape index (κ1) is 21.0. The molecule has 160 valence electrons. The molecule has 2 aliphatic heterocycles. The van der Waals surface area contributed by atoms with Crippen molar-refractivity contribution < 1.29 is 14.6 Å². The van der Waals surface area contributed by atoms with Crippen LogP contribution in [0.25, 0.3) is 22.3 Å². The maximum atomic E-state index is 13.2. The zero-order valence-electron chi connectivity index (χ0n) is 17.0. The second-order valence-electron chi connectivity index (χ2n) is 7.50. The zero-order valence-corrected chi connectivity index (χ0v) is 17.8.